The zero-order chi connectivity index (χ0) is 13.5. The van der Waals surface area contributed by atoms with E-state index in [-0.39, 0.29) is 5.75 Å². The van der Waals surface area contributed by atoms with E-state index in [1.54, 1.807) is 0 Å². The van der Waals surface area contributed by atoms with Gasteiger partial charge in [0.25, 0.3) is 0 Å². The Kier molecular flexibility index (Phi) is 6.92. The molecule has 2 N–H and O–H groups in total. The third-order valence-corrected chi connectivity index (χ3v) is 3.39. The molecule has 0 saturated heterocycles. The highest BCUT2D eigenvalue weighted by molar-refractivity contribution is 9.11. The fraction of sp³-hybridized carbons (Fsp3) is 0.385. The molecule has 0 aromatic heterocycles. The van der Waals surface area contributed by atoms with E-state index in [0.717, 1.165) is 24.2 Å². The molecule has 3 nitrogen and oxygen atoms in total. The van der Waals surface area contributed by atoms with Crippen molar-refractivity contribution in [2.75, 3.05) is 19.8 Å². The van der Waals surface area contributed by atoms with Gasteiger partial charge in [-0.1, -0.05) is 12.2 Å². The maximum atomic E-state index is 9.58. The van der Waals surface area contributed by atoms with E-state index in [2.05, 4.69) is 43.8 Å². The minimum absolute atomic E-state index is 0.226. The van der Waals surface area contributed by atoms with Crippen molar-refractivity contribution in [2.45, 2.75) is 13.5 Å². The van der Waals surface area contributed by atoms with Crippen LogP contribution in [0.15, 0.2) is 33.2 Å². The SMILES string of the molecule is C=C(C)COCCNCc1cc(Br)c(O)c(Br)c1. The number of halogens is 2. The van der Waals surface area contributed by atoms with Crippen molar-refractivity contribution in [3.8, 4) is 5.75 Å². The maximum absolute atomic E-state index is 9.58. The summed E-state index contributed by atoms with van der Waals surface area (Å²) in [6.45, 7) is 8.49. The van der Waals surface area contributed by atoms with Crippen LogP contribution in [0, 0.1) is 0 Å². The fourth-order valence-corrected chi connectivity index (χ4v) is 2.62. The molecule has 0 heterocycles. The van der Waals surface area contributed by atoms with Gasteiger partial charge in [-0.2, -0.15) is 0 Å². The Labute approximate surface area is 124 Å². The van der Waals surface area contributed by atoms with E-state index in [1.807, 2.05) is 19.1 Å². The number of ether oxygens (including phenoxy) is 1. The molecule has 0 fully saturated rings. The average molecular weight is 379 g/mol. The molecule has 1 rings (SSSR count). The highest BCUT2D eigenvalue weighted by Gasteiger charge is 2.05. The van der Waals surface area contributed by atoms with Crippen LogP contribution in [0.25, 0.3) is 0 Å². The molecule has 18 heavy (non-hydrogen) atoms. The summed E-state index contributed by atoms with van der Waals surface area (Å²) in [5, 5.41) is 12.9. The second kappa shape index (κ2) is 7.94. The number of phenols is 1. The largest absolute Gasteiger partial charge is 0.506 e. The summed E-state index contributed by atoms with van der Waals surface area (Å²) in [6, 6.07) is 3.78. The lowest BCUT2D eigenvalue weighted by Crippen LogP contribution is -2.19. The molecule has 0 aliphatic rings. The summed E-state index contributed by atoms with van der Waals surface area (Å²) >= 11 is 6.61. The van der Waals surface area contributed by atoms with Gasteiger partial charge < -0.3 is 15.2 Å². The number of nitrogens with one attached hydrogen (secondary N) is 1. The van der Waals surface area contributed by atoms with Gasteiger partial charge >= 0.3 is 0 Å². The standard InChI is InChI=1S/C13H17Br2NO2/c1-9(2)8-18-4-3-16-7-10-5-11(14)13(17)12(15)6-10/h5-6,16-17H,1,3-4,7-8H2,2H3. The first kappa shape index (κ1) is 15.7. The van der Waals surface area contributed by atoms with E-state index < -0.39 is 0 Å². The van der Waals surface area contributed by atoms with Crippen LogP contribution in [0.2, 0.25) is 0 Å². The molecule has 5 heteroatoms. The fourth-order valence-electron chi connectivity index (χ4n) is 1.34. The van der Waals surface area contributed by atoms with Crippen LogP contribution in [0.3, 0.4) is 0 Å². The molecule has 100 valence electrons. The Balaban J connectivity index is 2.29. The van der Waals surface area contributed by atoms with Gasteiger partial charge in [-0.15, -0.1) is 0 Å². The van der Waals surface area contributed by atoms with E-state index in [9.17, 15) is 5.11 Å². The van der Waals surface area contributed by atoms with Gasteiger partial charge in [-0.3, -0.25) is 0 Å². The number of aromatic hydroxyl groups is 1. The normalized spacial score (nSPS) is 10.6. The maximum Gasteiger partial charge on any atom is 0.143 e. The first-order valence-corrected chi connectivity index (χ1v) is 7.19. The lowest BCUT2D eigenvalue weighted by atomic mass is 10.2. The van der Waals surface area contributed by atoms with E-state index in [4.69, 9.17) is 4.74 Å². The van der Waals surface area contributed by atoms with Gasteiger partial charge in [0.1, 0.15) is 5.75 Å². The summed E-state index contributed by atoms with van der Waals surface area (Å²) in [5.41, 5.74) is 2.12. The number of benzene rings is 1. The molecule has 0 bridgehead atoms. The first-order valence-electron chi connectivity index (χ1n) is 5.60. The number of hydrogen-bond donors (Lipinski definition) is 2. The first-order chi connectivity index (χ1) is 8.50. The molecule has 1 aromatic rings. The van der Waals surface area contributed by atoms with Gasteiger partial charge in [-0.25, -0.2) is 0 Å². The van der Waals surface area contributed by atoms with Crippen molar-refractivity contribution in [1.82, 2.24) is 5.32 Å². The van der Waals surface area contributed by atoms with E-state index in [0.29, 0.717) is 22.2 Å². The molecule has 0 spiro atoms. The summed E-state index contributed by atoms with van der Waals surface area (Å²) in [4.78, 5) is 0. The van der Waals surface area contributed by atoms with E-state index >= 15 is 0 Å². The zero-order valence-electron chi connectivity index (χ0n) is 10.3. The van der Waals surface area contributed by atoms with Crippen LogP contribution in [0.4, 0.5) is 0 Å². The van der Waals surface area contributed by atoms with Crippen molar-refractivity contribution in [1.29, 1.82) is 0 Å². The van der Waals surface area contributed by atoms with Gasteiger partial charge in [0.15, 0.2) is 0 Å². The minimum Gasteiger partial charge on any atom is -0.506 e. The molecule has 1 aromatic carbocycles. The molecule has 0 amide bonds. The quantitative estimate of drug-likeness (QED) is 0.562. The molecule has 0 unspecified atom stereocenters. The third-order valence-electron chi connectivity index (χ3n) is 2.18. The lowest BCUT2D eigenvalue weighted by molar-refractivity contribution is 0.158. The van der Waals surface area contributed by atoms with Crippen LogP contribution < -0.4 is 5.32 Å². The summed E-state index contributed by atoms with van der Waals surface area (Å²) < 4.78 is 6.75. The summed E-state index contributed by atoms with van der Waals surface area (Å²) in [5.74, 6) is 0.226. The highest BCUT2D eigenvalue weighted by atomic mass is 79.9. The third kappa shape index (κ3) is 5.52. The van der Waals surface area contributed by atoms with Crippen molar-refractivity contribution >= 4 is 31.9 Å². The summed E-state index contributed by atoms with van der Waals surface area (Å²) in [7, 11) is 0. The number of rotatable bonds is 7. The van der Waals surface area contributed by atoms with Gasteiger partial charge in [-0.05, 0) is 56.5 Å². The Morgan fingerprint density at radius 2 is 2.00 bits per heavy atom. The highest BCUT2D eigenvalue weighted by Crippen LogP contribution is 2.33. The van der Waals surface area contributed by atoms with Crippen LogP contribution in [0.1, 0.15) is 12.5 Å². The van der Waals surface area contributed by atoms with Crippen molar-refractivity contribution in [3.05, 3.63) is 38.8 Å². The Hall–Kier alpha value is -0.360. The van der Waals surface area contributed by atoms with Crippen LogP contribution in [-0.4, -0.2) is 24.9 Å². The van der Waals surface area contributed by atoms with Crippen LogP contribution in [-0.2, 0) is 11.3 Å². The van der Waals surface area contributed by atoms with Crippen LogP contribution >= 0.6 is 31.9 Å². The Morgan fingerprint density at radius 3 is 2.56 bits per heavy atom. The molecule has 0 atom stereocenters. The predicted molar refractivity (Wildman–Crippen MR) is 80.8 cm³/mol. The van der Waals surface area contributed by atoms with Gasteiger partial charge in [0.05, 0.1) is 22.2 Å². The smallest absolute Gasteiger partial charge is 0.143 e. The number of phenolic OH excluding ortho intramolecular Hbond substituents is 1. The Morgan fingerprint density at radius 1 is 1.39 bits per heavy atom. The molecule has 0 radical (unpaired) electrons. The van der Waals surface area contributed by atoms with Crippen molar-refractivity contribution in [3.63, 3.8) is 0 Å². The second-order valence-electron chi connectivity index (χ2n) is 4.09. The summed E-state index contributed by atoms with van der Waals surface area (Å²) in [6.07, 6.45) is 0. The molecular formula is C13H17Br2NO2. The Bertz CT molecular complexity index is 398. The van der Waals surface area contributed by atoms with Crippen LogP contribution in [0.5, 0.6) is 5.75 Å². The molecule has 0 aliphatic carbocycles. The molecule has 0 saturated carbocycles. The molecular weight excluding hydrogens is 362 g/mol. The van der Waals surface area contributed by atoms with Crippen molar-refractivity contribution in [2.24, 2.45) is 0 Å². The van der Waals surface area contributed by atoms with Gasteiger partial charge in [0.2, 0.25) is 0 Å². The molecule has 0 aliphatic heterocycles. The number of hydrogen-bond acceptors (Lipinski definition) is 3. The van der Waals surface area contributed by atoms with E-state index in [1.165, 1.54) is 0 Å². The second-order valence-corrected chi connectivity index (χ2v) is 5.80. The lowest BCUT2D eigenvalue weighted by Gasteiger charge is -2.08. The van der Waals surface area contributed by atoms with Gasteiger partial charge in [0, 0.05) is 13.1 Å². The van der Waals surface area contributed by atoms with Crippen molar-refractivity contribution < 1.29 is 9.84 Å². The average Bonchev–Trinajstić information content (AvgIpc) is 2.30. The topological polar surface area (TPSA) is 41.5 Å². The monoisotopic (exact) mass is 377 g/mol. The minimum atomic E-state index is 0.226. The zero-order valence-corrected chi connectivity index (χ0v) is 13.5. The predicted octanol–water partition coefficient (Wildman–Crippen LogP) is 3.60.